The van der Waals surface area contributed by atoms with E-state index in [4.69, 9.17) is 9.47 Å². The summed E-state index contributed by atoms with van der Waals surface area (Å²) in [6, 6.07) is 21.6. The van der Waals surface area contributed by atoms with Crippen LogP contribution in [0.1, 0.15) is 21.5 Å². The zero-order chi connectivity index (χ0) is 28.1. The molecule has 0 aliphatic carbocycles. The third kappa shape index (κ3) is 6.52. The second-order valence-electron chi connectivity index (χ2n) is 9.58. The summed E-state index contributed by atoms with van der Waals surface area (Å²) in [5, 5.41) is 6.96. The number of nitrogens with one attached hydrogen (secondary N) is 1. The Hall–Kier alpha value is -4.15. The first-order valence-corrected chi connectivity index (χ1v) is 12.9. The van der Waals surface area contributed by atoms with Crippen LogP contribution >= 0.6 is 0 Å². The quantitative estimate of drug-likeness (QED) is 0.308. The molecular formula is C30H29F3N4O3. The molecule has 1 N–H and O–H groups in total. The molecule has 1 aliphatic heterocycles. The third-order valence-corrected chi connectivity index (χ3v) is 6.80. The minimum atomic E-state index is -4.54. The number of hydrogen-bond donors (Lipinski definition) is 1. The molecule has 10 heteroatoms. The van der Waals surface area contributed by atoms with E-state index < -0.39 is 17.6 Å². The molecule has 1 aromatic heterocycles. The Morgan fingerprint density at radius 1 is 1.07 bits per heavy atom. The number of anilines is 1. The maximum Gasteiger partial charge on any atom is 0.416 e. The zero-order valence-electron chi connectivity index (χ0n) is 21.9. The van der Waals surface area contributed by atoms with Crippen LogP contribution in [0.4, 0.5) is 18.9 Å². The number of carbonyl (C=O) groups is 1. The van der Waals surface area contributed by atoms with Gasteiger partial charge in [0.15, 0.2) is 0 Å². The van der Waals surface area contributed by atoms with Gasteiger partial charge in [-0.05, 0) is 48.0 Å². The molecule has 0 spiro atoms. The Kier molecular flexibility index (Phi) is 8.18. The van der Waals surface area contributed by atoms with Gasteiger partial charge in [-0.1, -0.05) is 36.4 Å². The fourth-order valence-electron chi connectivity index (χ4n) is 4.67. The van der Waals surface area contributed by atoms with Crippen LogP contribution in [0.2, 0.25) is 0 Å². The molecule has 1 atom stereocenters. The summed E-state index contributed by atoms with van der Waals surface area (Å²) < 4.78 is 53.1. The topological polar surface area (TPSA) is 68.6 Å². The summed E-state index contributed by atoms with van der Waals surface area (Å²) in [6.45, 7) is 3.15. The zero-order valence-corrected chi connectivity index (χ0v) is 21.9. The van der Waals surface area contributed by atoms with E-state index in [0.29, 0.717) is 36.8 Å². The lowest BCUT2D eigenvalue weighted by molar-refractivity contribution is -0.137. The predicted molar refractivity (Wildman–Crippen MR) is 145 cm³/mol. The van der Waals surface area contributed by atoms with Crippen LogP contribution < -0.4 is 10.1 Å². The second-order valence-corrected chi connectivity index (χ2v) is 9.58. The summed E-state index contributed by atoms with van der Waals surface area (Å²) in [4.78, 5) is 15.2. The summed E-state index contributed by atoms with van der Waals surface area (Å²) in [6.07, 6.45) is -2.88. The number of hydrogen-bond acceptors (Lipinski definition) is 5. The van der Waals surface area contributed by atoms with Crippen LogP contribution in [0.15, 0.2) is 85.1 Å². The van der Waals surface area contributed by atoms with Crippen LogP contribution in [-0.2, 0) is 24.5 Å². The number of benzene rings is 3. The van der Waals surface area contributed by atoms with E-state index in [2.05, 4.69) is 27.4 Å². The van der Waals surface area contributed by atoms with Gasteiger partial charge in [-0.15, -0.1) is 0 Å². The van der Waals surface area contributed by atoms with Gasteiger partial charge in [-0.3, -0.25) is 14.4 Å². The maximum absolute atomic E-state index is 13.1. The summed E-state index contributed by atoms with van der Waals surface area (Å²) in [7, 11) is 1.80. The van der Waals surface area contributed by atoms with E-state index in [1.54, 1.807) is 36.1 Å². The molecular weight excluding hydrogens is 521 g/mol. The van der Waals surface area contributed by atoms with Crippen molar-refractivity contribution >= 4 is 11.6 Å². The molecule has 208 valence electrons. The Morgan fingerprint density at radius 2 is 1.90 bits per heavy atom. The largest absolute Gasteiger partial charge is 0.491 e. The van der Waals surface area contributed by atoms with Crippen LogP contribution in [0.3, 0.4) is 0 Å². The van der Waals surface area contributed by atoms with Gasteiger partial charge < -0.3 is 14.8 Å². The number of aryl methyl sites for hydroxylation is 1. The molecule has 1 saturated heterocycles. The molecule has 0 unspecified atom stereocenters. The molecule has 4 aromatic rings. The minimum absolute atomic E-state index is 0.0358. The van der Waals surface area contributed by atoms with Crippen molar-refractivity contribution in [2.24, 2.45) is 7.05 Å². The Morgan fingerprint density at radius 3 is 2.65 bits per heavy atom. The number of nitrogens with zero attached hydrogens (tertiary/aromatic N) is 3. The highest BCUT2D eigenvalue weighted by Gasteiger charge is 2.31. The number of ether oxygens (including phenoxy) is 2. The van der Waals surface area contributed by atoms with Crippen LogP contribution in [-0.4, -0.2) is 53.0 Å². The standard InChI is InChI=1S/C30H29F3N4O3/c1-36-27(12-13-34-36)26-17-24(35-29(38)22-8-5-9-23(16-22)30(31,32)33)10-11-28(26)40-20-25-19-39-15-14-37(25)18-21-6-3-2-4-7-21/h2-13,16-17,25H,14-15,18-20H2,1H3,(H,35,38)/t25-/m1/s1. The van der Waals surface area contributed by atoms with Crippen LogP contribution in [0.25, 0.3) is 11.3 Å². The fourth-order valence-corrected chi connectivity index (χ4v) is 4.67. The van der Waals surface area contributed by atoms with E-state index >= 15 is 0 Å². The van der Waals surface area contributed by atoms with Crippen molar-refractivity contribution in [1.29, 1.82) is 0 Å². The highest BCUT2D eigenvalue weighted by Crippen LogP contribution is 2.34. The van der Waals surface area contributed by atoms with Crippen molar-refractivity contribution in [3.63, 3.8) is 0 Å². The number of amides is 1. The average molecular weight is 551 g/mol. The molecule has 2 heterocycles. The third-order valence-electron chi connectivity index (χ3n) is 6.80. The van der Waals surface area contributed by atoms with Crippen LogP contribution in [0, 0.1) is 0 Å². The lowest BCUT2D eigenvalue weighted by Crippen LogP contribution is -2.48. The van der Waals surface area contributed by atoms with Gasteiger partial charge in [-0.2, -0.15) is 18.3 Å². The van der Waals surface area contributed by atoms with E-state index in [1.165, 1.54) is 17.7 Å². The normalized spacial score (nSPS) is 16.1. The van der Waals surface area contributed by atoms with Crippen molar-refractivity contribution in [3.8, 4) is 17.0 Å². The summed E-state index contributed by atoms with van der Waals surface area (Å²) in [5.74, 6) is -0.0578. The van der Waals surface area contributed by atoms with Gasteiger partial charge in [0, 0.05) is 43.1 Å². The highest BCUT2D eigenvalue weighted by molar-refractivity contribution is 6.04. The lowest BCUT2D eigenvalue weighted by Gasteiger charge is -2.35. The van der Waals surface area contributed by atoms with Gasteiger partial charge in [0.05, 0.1) is 30.5 Å². The monoisotopic (exact) mass is 550 g/mol. The molecule has 1 amide bonds. The fraction of sp³-hybridized carbons (Fsp3) is 0.267. The smallest absolute Gasteiger partial charge is 0.416 e. The molecule has 3 aromatic carbocycles. The predicted octanol–water partition coefficient (Wildman–Crippen LogP) is 5.64. The van der Waals surface area contributed by atoms with Crippen molar-refractivity contribution in [3.05, 3.63) is 102 Å². The first kappa shape index (κ1) is 27.4. The van der Waals surface area contributed by atoms with Gasteiger partial charge in [-0.25, -0.2) is 0 Å². The molecule has 0 bridgehead atoms. The molecule has 0 saturated carbocycles. The Balaban J connectivity index is 1.35. The maximum atomic E-state index is 13.1. The first-order valence-electron chi connectivity index (χ1n) is 12.9. The first-order chi connectivity index (χ1) is 19.3. The SMILES string of the molecule is Cn1nccc1-c1cc(NC(=O)c2cccc(C(F)(F)F)c2)ccc1OC[C@H]1COCCN1Cc1ccccc1. The van der Waals surface area contributed by atoms with Crippen molar-refractivity contribution in [2.75, 3.05) is 31.7 Å². The highest BCUT2D eigenvalue weighted by atomic mass is 19.4. The molecule has 0 radical (unpaired) electrons. The lowest BCUT2D eigenvalue weighted by atomic mass is 10.1. The van der Waals surface area contributed by atoms with E-state index in [1.807, 2.05) is 24.3 Å². The van der Waals surface area contributed by atoms with Crippen LogP contribution in [0.5, 0.6) is 5.75 Å². The number of rotatable bonds is 8. The molecule has 1 fully saturated rings. The van der Waals surface area contributed by atoms with Gasteiger partial charge >= 0.3 is 6.18 Å². The molecule has 7 nitrogen and oxygen atoms in total. The summed E-state index contributed by atoms with van der Waals surface area (Å²) in [5.41, 5.74) is 2.10. The number of aromatic nitrogens is 2. The minimum Gasteiger partial charge on any atom is -0.491 e. The van der Waals surface area contributed by atoms with E-state index in [9.17, 15) is 18.0 Å². The van der Waals surface area contributed by atoms with Crippen molar-refractivity contribution < 1.29 is 27.4 Å². The Bertz CT molecular complexity index is 1460. The number of carbonyl (C=O) groups excluding carboxylic acids is 1. The summed E-state index contributed by atoms with van der Waals surface area (Å²) >= 11 is 0. The number of halogens is 3. The van der Waals surface area contributed by atoms with E-state index in [-0.39, 0.29) is 11.6 Å². The molecule has 5 rings (SSSR count). The number of morpholine rings is 1. The van der Waals surface area contributed by atoms with Gasteiger partial charge in [0.1, 0.15) is 12.4 Å². The number of alkyl halides is 3. The van der Waals surface area contributed by atoms with Gasteiger partial charge in [0.25, 0.3) is 5.91 Å². The van der Waals surface area contributed by atoms with Gasteiger partial charge in [0.2, 0.25) is 0 Å². The average Bonchev–Trinajstić information content (AvgIpc) is 3.38. The second kappa shape index (κ2) is 11.9. The Labute approximate surface area is 230 Å². The van der Waals surface area contributed by atoms with E-state index in [0.717, 1.165) is 30.9 Å². The van der Waals surface area contributed by atoms with Crippen molar-refractivity contribution in [1.82, 2.24) is 14.7 Å². The molecule has 1 aliphatic rings. The van der Waals surface area contributed by atoms with Crippen molar-refractivity contribution in [2.45, 2.75) is 18.8 Å². The molecule has 40 heavy (non-hydrogen) atoms.